The minimum atomic E-state index is -3.32. The molecule has 0 aliphatic heterocycles. The van der Waals surface area contributed by atoms with Crippen molar-refractivity contribution in [1.29, 1.82) is 0 Å². The first kappa shape index (κ1) is 14.0. The summed E-state index contributed by atoms with van der Waals surface area (Å²) in [6.45, 7) is 4.07. The highest BCUT2D eigenvalue weighted by atomic mass is 35.5. The number of hydrogen-bond donors (Lipinski definition) is 0. The van der Waals surface area contributed by atoms with Crippen molar-refractivity contribution in [3.05, 3.63) is 28.2 Å². The molecule has 90 valence electrons. The van der Waals surface area contributed by atoms with Crippen LogP contribution < -0.4 is 5.30 Å². The minimum absolute atomic E-state index is 0.288. The van der Waals surface area contributed by atoms with Gasteiger partial charge in [-0.15, -0.1) is 0 Å². The average molecular weight is 283 g/mol. The Morgan fingerprint density at radius 2 is 1.75 bits per heavy atom. The molecule has 1 aromatic rings. The van der Waals surface area contributed by atoms with Gasteiger partial charge in [0.1, 0.15) is 0 Å². The van der Waals surface area contributed by atoms with E-state index < -0.39 is 7.60 Å². The predicted molar refractivity (Wildman–Crippen MR) is 67.0 cm³/mol. The zero-order chi connectivity index (χ0) is 12.2. The molecule has 0 heterocycles. The topological polar surface area (TPSA) is 35.5 Å². The van der Waals surface area contributed by atoms with Crippen LogP contribution in [-0.4, -0.2) is 13.2 Å². The van der Waals surface area contributed by atoms with E-state index >= 15 is 0 Å². The Kier molecular flexibility index (Phi) is 5.29. The molecule has 1 aromatic carbocycles. The third kappa shape index (κ3) is 3.22. The lowest BCUT2D eigenvalue weighted by Gasteiger charge is -2.18. The summed E-state index contributed by atoms with van der Waals surface area (Å²) >= 11 is 11.7. The number of rotatable bonds is 5. The van der Waals surface area contributed by atoms with Crippen molar-refractivity contribution in [2.75, 3.05) is 13.2 Å². The van der Waals surface area contributed by atoms with Crippen LogP contribution >= 0.6 is 30.8 Å². The van der Waals surface area contributed by atoms with Gasteiger partial charge in [0.15, 0.2) is 0 Å². The maximum Gasteiger partial charge on any atom is 0.362 e. The van der Waals surface area contributed by atoms with Crippen molar-refractivity contribution in [2.45, 2.75) is 13.8 Å². The average Bonchev–Trinajstić information content (AvgIpc) is 2.17. The van der Waals surface area contributed by atoms with Gasteiger partial charge in [-0.05, 0) is 32.0 Å². The van der Waals surface area contributed by atoms with Crippen molar-refractivity contribution in [2.24, 2.45) is 0 Å². The van der Waals surface area contributed by atoms with Crippen molar-refractivity contribution in [1.82, 2.24) is 0 Å². The third-order valence-corrected chi connectivity index (χ3v) is 4.66. The SMILES string of the molecule is CCOP(=O)(OCC)c1ccc(Cl)cc1Cl. The lowest BCUT2D eigenvalue weighted by molar-refractivity contribution is 0.230. The zero-order valence-corrected chi connectivity index (χ0v) is 11.5. The largest absolute Gasteiger partial charge is 0.362 e. The molecule has 1 rings (SSSR count). The van der Waals surface area contributed by atoms with Gasteiger partial charge in [-0.2, -0.15) is 0 Å². The first-order valence-electron chi connectivity index (χ1n) is 4.88. The summed E-state index contributed by atoms with van der Waals surface area (Å²) in [5, 5.41) is 1.12. The first-order chi connectivity index (χ1) is 7.53. The Balaban J connectivity index is 3.15. The summed E-state index contributed by atoms with van der Waals surface area (Å²) < 4.78 is 22.7. The second-order valence-corrected chi connectivity index (χ2v) is 5.77. The molecule has 0 saturated carbocycles. The smallest absolute Gasteiger partial charge is 0.305 e. The fraction of sp³-hybridized carbons (Fsp3) is 0.400. The summed E-state index contributed by atoms with van der Waals surface area (Å²) in [7, 11) is -3.32. The quantitative estimate of drug-likeness (QED) is 0.769. The molecule has 16 heavy (non-hydrogen) atoms. The van der Waals surface area contributed by atoms with E-state index in [1.165, 1.54) is 6.07 Å². The molecule has 0 aliphatic rings. The molecular formula is C10H13Cl2O3P. The van der Waals surface area contributed by atoms with E-state index in [2.05, 4.69) is 0 Å². The van der Waals surface area contributed by atoms with E-state index in [0.29, 0.717) is 10.3 Å². The number of hydrogen-bond acceptors (Lipinski definition) is 3. The van der Waals surface area contributed by atoms with Crippen molar-refractivity contribution >= 4 is 36.1 Å². The molecule has 0 unspecified atom stereocenters. The van der Waals surface area contributed by atoms with Crippen LogP contribution in [0.15, 0.2) is 18.2 Å². The van der Waals surface area contributed by atoms with Gasteiger partial charge in [0, 0.05) is 5.02 Å². The monoisotopic (exact) mass is 282 g/mol. The fourth-order valence-electron chi connectivity index (χ4n) is 1.22. The summed E-state index contributed by atoms with van der Waals surface area (Å²) in [5.74, 6) is 0. The summed E-state index contributed by atoms with van der Waals surface area (Å²) in [4.78, 5) is 0. The van der Waals surface area contributed by atoms with Gasteiger partial charge in [-0.25, -0.2) is 0 Å². The molecule has 0 saturated heterocycles. The molecule has 0 fully saturated rings. The molecule has 6 heteroatoms. The Hall–Kier alpha value is -0.0500. The van der Waals surface area contributed by atoms with Crippen molar-refractivity contribution < 1.29 is 13.6 Å². The van der Waals surface area contributed by atoms with Gasteiger partial charge in [0.2, 0.25) is 0 Å². The van der Waals surface area contributed by atoms with Crippen LogP contribution in [0.2, 0.25) is 10.0 Å². The molecule has 0 N–H and O–H groups in total. The van der Waals surface area contributed by atoms with Gasteiger partial charge in [0.25, 0.3) is 0 Å². The number of halogens is 2. The second-order valence-electron chi connectivity index (χ2n) is 2.93. The van der Waals surface area contributed by atoms with Crippen LogP contribution in [-0.2, 0) is 13.6 Å². The van der Waals surface area contributed by atoms with E-state index in [-0.39, 0.29) is 18.2 Å². The fourth-order valence-corrected chi connectivity index (χ4v) is 3.55. The normalized spacial score (nSPS) is 11.8. The van der Waals surface area contributed by atoms with Crippen LogP contribution in [0.4, 0.5) is 0 Å². The third-order valence-electron chi connectivity index (χ3n) is 1.80. The summed E-state index contributed by atoms with van der Waals surface area (Å²) in [6, 6.07) is 4.69. The maximum absolute atomic E-state index is 12.4. The summed E-state index contributed by atoms with van der Waals surface area (Å²) in [6.07, 6.45) is 0. The van der Waals surface area contributed by atoms with E-state index in [4.69, 9.17) is 32.2 Å². The predicted octanol–water partition coefficient (Wildman–Crippen LogP) is 3.88. The van der Waals surface area contributed by atoms with E-state index in [9.17, 15) is 4.57 Å². The second kappa shape index (κ2) is 6.04. The lowest BCUT2D eigenvalue weighted by Crippen LogP contribution is -2.11. The Morgan fingerprint density at radius 3 is 2.19 bits per heavy atom. The molecule has 0 radical (unpaired) electrons. The first-order valence-corrected chi connectivity index (χ1v) is 7.18. The Labute approximate surface area is 105 Å². The molecule has 0 atom stereocenters. The van der Waals surface area contributed by atoms with Crippen molar-refractivity contribution in [3.8, 4) is 0 Å². The molecule has 0 bridgehead atoms. The maximum atomic E-state index is 12.4. The highest BCUT2D eigenvalue weighted by Crippen LogP contribution is 2.48. The van der Waals surface area contributed by atoms with Crippen LogP contribution in [0, 0.1) is 0 Å². The molecule has 0 amide bonds. The van der Waals surface area contributed by atoms with Gasteiger partial charge in [0.05, 0.1) is 23.5 Å². The standard InChI is InChI=1S/C10H13Cl2O3P/c1-3-14-16(13,15-4-2)10-6-5-8(11)7-9(10)12/h5-7H,3-4H2,1-2H3. The van der Waals surface area contributed by atoms with E-state index in [0.717, 1.165) is 0 Å². The zero-order valence-electron chi connectivity index (χ0n) is 9.07. The van der Waals surface area contributed by atoms with E-state index in [1.807, 2.05) is 0 Å². The Bertz CT molecular complexity index is 399. The molecule has 0 aromatic heterocycles. The van der Waals surface area contributed by atoms with Crippen LogP contribution in [0.3, 0.4) is 0 Å². The van der Waals surface area contributed by atoms with Gasteiger partial charge in [-0.3, -0.25) is 4.57 Å². The van der Waals surface area contributed by atoms with Crippen LogP contribution in [0.1, 0.15) is 13.8 Å². The lowest BCUT2D eigenvalue weighted by atomic mass is 10.4. The minimum Gasteiger partial charge on any atom is -0.305 e. The number of benzene rings is 1. The molecule has 3 nitrogen and oxygen atoms in total. The Morgan fingerprint density at radius 1 is 1.19 bits per heavy atom. The van der Waals surface area contributed by atoms with Gasteiger partial charge >= 0.3 is 7.60 Å². The highest BCUT2D eigenvalue weighted by Gasteiger charge is 2.29. The molecule has 0 spiro atoms. The van der Waals surface area contributed by atoms with Crippen LogP contribution in [0.5, 0.6) is 0 Å². The molecular weight excluding hydrogens is 270 g/mol. The van der Waals surface area contributed by atoms with Gasteiger partial charge in [-0.1, -0.05) is 23.2 Å². The van der Waals surface area contributed by atoms with Crippen LogP contribution in [0.25, 0.3) is 0 Å². The van der Waals surface area contributed by atoms with Gasteiger partial charge < -0.3 is 9.05 Å². The molecule has 0 aliphatic carbocycles. The summed E-state index contributed by atoms with van der Waals surface area (Å²) in [5.41, 5.74) is 0. The highest BCUT2D eigenvalue weighted by molar-refractivity contribution is 7.62. The van der Waals surface area contributed by atoms with E-state index in [1.54, 1.807) is 26.0 Å². The van der Waals surface area contributed by atoms with Crippen molar-refractivity contribution in [3.63, 3.8) is 0 Å².